The predicted octanol–water partition coefficient (Wildman–Crippen LogP) is 3.25. The molecule has 3 nitrogen and oxygen atoms in total. The Morgan fingerprint density at radius 3 is 2.71 bits per heavy atom. The third-order valence-corrected chi connectivity index (χ3v) is 3.97. The molecule has 0 spiro atoms. The molecule has 1 aromatic heterocycles. The molecule has 0 aliphatic carbocycles. The van der Waals surface area contributed by atoms with Crippen LogP contribution in [0.2, 0.25) is 0 Å². The number of aromatic nitrogens is 1. The van der Waals surface area contributed by atoms with Gasteiger partial charge in [0.05, 0.1) is 5.69 Å². The van der Waals surface area contributed by atoms with E-state index in [2.05, 4.69) is 36.0 Å². The fourth-order valence-electron chi connectivity index (χ4n) is 2.81. The molecule has 3 aliphatic heterocycles. The summed E-state index contributed by atoms with van der Waals surface area (Å²) in [5.74, 6) is 2.25. The summed E-state index contributed by atoms with van der Waals surface area (Å²) < 4.78 is 5.38. The molecule has 0 N–H and O–H groups in total. The van der Waals surface area contributed by atoms with Crippen molar-refractivity contribution in [1.29, 1.82) is 0 Å². The molecule has 3 heteroatoms. The van der Waals surface area contributed by atoms with E-state index >= 15 is 0 Å². The predicted molar refractivity (Wildman–Crippen MR) is 67.5 cm³/mol. The maximum absolute atomic E-state index is 5.38. The maximum Gasteiger partial charge on any atom is 0.161 e. The lowest BCUT2D eigenvalue weighted by Gasteiger charge is -2.42. The summed E-state index contributed by atoms with van der Waals surface area (Å²) in [7, 11) is 0. The summed E-state index contributed by atoms with van der Waals surface area (Å²) in [6, 6.07) is 2.07. The van der Waals surface area contributed by atoms with Crippen LogP contribution in [0.15, 0.2) is 16.3 Å². The van der Waals surface area contributed by atoms with Crippen LogP contribution < -0.4 is 0 Å². The first-order valence-electron chi connectivity index (χ1n) is 6.64. The van der Waals surface area contributed by atoms with E-state index in [1.807, 2.05) is 0 Å². The van der Waals surface area contributed by atoms with E-state index < -0.39 is 0 Å². The summed E-state index contributed by atoms with van der Waals surface area (Å²) >= 11 is 0. The van der Waals surface area contributed by atoms with E-state index in [0.717, 1.165) is 17.4 Å². The lowest BCUT2D eigenvalue weighted by Crippen LogP contribution is -2.39. The lowest BCUT2D eigenvalue weighted by molar-refractivity contribution is 0.162. The third kappa shape index (κ3) is 2.11. The minimum absolute atomic E-state index is 0.439. The molecular formula is C14H20N2O. The van der Waals surface area contributed by atoms with Gasteiger partial charge in [-0.3, -0.25) is 0 Å². The number of hydrogen-bond acceptors (Lipinski definition) is 3. The van der Waals surface area contributed by atoms with Crippen LogP contribution in [0.4, 0.5) is 0 Å². The second-order valence-electron chi connectivity index (χ2n) is 5.58. The van der Waals surface area contributed by atoms with Gasteiger partial charge in [0.1, 0.15) is 0 Å². The molecule has 0 atom stereocenters. The van der Waals surface area contributed by atoms with Crippen LogP contribution in [0, 0.1) is 5.92 Å². The Morgan fingerprint density at radius 1 is 1.41 bits per heavy atom. The van der Waals surface area contributed by atoms with Crippen LogP contribution in [-0.4, -0.2) is 23.1 Å². The van der Waals surface area contributed by atoms with Crippen molar-refractivity contribution in [3.05, 3.63) is 23.2 Å². The topological polar surface area (TPSA) is 29.3 Å². The molecule has 0 unspecified atom stereocenters. The van der Waals surface area contributed by atoms with E-state index in [1.165, 1.54) is 38.0 Å². The molecule has 3 fully saturated rings. The van der Waals surface area contributed by atoms with E-state index in [1.54, 1.807) is 0 Å². The first kappa shape index (κ1) is 10.9. The van der Waals surface area contributed by atoms with Crippen molar-refractivity contribution in [3.8, 4) is 0 Å². The number of allylic oxidation sites excluding steroid dienone is 1. The summed E-state index contributed by atoms with van der Waals surface area (Å²) in [6.45, 7) is 6.73. The smallest absolute Gasteiger partial charge is 0.161 e. The van der Waals surface area contributed by atoms with Crippen LogP contribution >= 0.6 is 0 Å². The standard InChI is InChI=1S/C14H20N2O/c1-10(2)14-9-13(17-15-14)8-12-7-11-3-5-16(12)6-4-11/h8-11H,3-7H2,1-2H3/b12-8-. The monoisotopic (exact) mass is 232 g/mol. The van der Waals surface area contributed by atoms with Gasteiger partial charge in [0.15, 0.2) is 5.76 Å². The Morgan fingerprint density at radius 2 is 2.18 bits per heavy atom. The molecule has 0 radical (unpaired) electrons. The molecule has 1 aromatic rings. The summed E-state index contributed by atoms with van der Waals surface area (Å²) in [6.07, 6.45) is 6.14. The quantitative estimate of drug-likeness (QED) is 0.783. The Kier molecular flexibility index (Phi) is 2.69. The second-order valence-corrected chi connectivity index (χ2v) is 5.58. The average Bonchev–Trinajstić information content (AvgIpc) is 2.79. The zero-order chi connectivity index (χ0) is 11.8. The van der Waals surface area contributed by atoms with Crippen LogP contribution in [0.1, 0.15) is 50.5 Å². The van der Waals surface area contributed by atoms with E-state index in [9.17, 15) is 0 Å². The van der Waals surface area contributed by atoms with Gasteiger partial charge in [-0.1, -0.05) is 19.0 Å². The lowest BCUT2D eigenvalue weighted by atomic mass is 9.86. The van der Waals surface area contributed by atoms with Gasteiger partial charge in [-0.05, 0) is 31.1 Å². The number of rotatable bonds is 2. The van der Waals surface area contributed by atoms with Crippen molar-refractivity contribution >= 4 is 6.08 Å². The van der Waals surface area contributed by atoms with Gasteiger partial charge in [0.25, 0.3) is 0 Å². The van der Waals surface area contributed by atoms with Crippen molar-refractivity contribution < 1.29 is 4.52 Å². The van der Waals surface area contributed by atoms with E-state index in [-0.39, 0.29) is 0 Å². The average molecular weight is 232 g/mol. The molecule has 0 amide bonds. The fourth-order valence-corrected chi connectivity index (χ4v) is 2.81. The highest BCUT2D eigenvalue weighted by Gasteiger charge is 2.28. The van der Waals surface area contributed by atoms with Gasteiger partial charge < -0.3 is 9.42 Å². The molecule has 3 aliphatic rings. The van der Waals surface area contributed by atoms with Gasteiger partial charge in [0, 0.05) is 30.9 Å². The van der Waals surface area contributed by atoms with Crippen LogP contribution in [0.3, 0.4) is 0 Å². The van der Waals surface area contributed by atoms with Crippen molar-refractivity contribution in [1.82, 2.24) is 10.1 Å². The molecular weight excluding hydrogens is 212 g/mol. The highest BCUT2D eigenvalue weighted by atomic mass is 16.5. The van der Waals surface area contributed by atoms with Crippen LogP contribution in [0.5, 0.6) is 0 Å². The normalized spacial score (nSPS) is 23.0. The zero-order valence-corrected chi connectivity index (χ0v) is 10.6. The molecule has 3 saturated heterocycles. The van der Waals surface area contributed by atoms with Crippen molar-refractivity contribution in [3.63, 3.8) is 0 Å². The molecule has 4 rings (SSSR count). The molecule has 0 saturated carbocycles. The maximum atomic E-state index is 5.38. The van der Waals surface area contributed by atoms with E-state index in [4.69, 9.17) is 4.52 Å². The van der Waals surface area contributed by atoms with Crippen LogP contribution in [0.25, 0.3) is 6.08 Å². The molecule has 4 heterocycles. The molecule has 17 heavy (non-hydrogen) atoms. The summed E-state index contributed by atoms with van der Waals surface area (Å²) in [4.78, 5) is 2.50. The number of piperidine rings is 3. The molecule has 92 valence electrons. The first-order chi connectivity index (χ1) is 8.22. The van der Waals surface area contributed by atoms with Gasteiger partial charge in [0.2, 0.25) is 0 Å². The summed E-state index contributed by atoms with van der Waals surface area (Å²) in [5.41, 5.74) is 2.49. The Labute approximate surface area is 102 Å². The Hall–Kier alpha value is -1.25. The van der Waals surface area contributed by atoms with Gasteiger partial charge >= 0.3 is 0 Å². The second kappa shape index (κ2) is 4.21. The Balaban J connectivity index is 1.80. The fraction of sp³-hybridized carbons (Fsp3) is 0.643. The van der Waals surface area contributed by atoms with E-state index in [0.29, 0.717) is 5.92 Å². The van der Waals surface area contributed by atoms with Crippen molar-refractivity contribution in [2.75, 3.05) is 13.1 Å². The number of hydrogen-bond donors (Lipinski definition) is 0. The van der Waals surface area contributed by atoms with Gasteiger partial charge in [-0.15, -0.1) is 0 Å². The van der Waals surface area contributed by atoms with Gasteiger partial charge in [-0.25, -0.2) is 0 Å². The SMILES string of the molecule is CC(C)c1cc(/C=C2/CC3CCN2CC3)on1. The highest BCUT2D eigenvalue weighted by molar-refractivity contribution is 5.48. The molecule has 2 bridgehead atoms. The Bertz CT molecular complexity index is 425. The minimum atomic E-state index is 0.439. The largest absolute Gasteiger partial charge is 0.375 e. The first-order valence-corrected chi connectivity index (χ1v) is 6.64. The minimum Gasteiger partial charge on any atom is -0.375 e. The van der Waals surface area contributed by atoms with Crippen molar-refractivity contribution in [2.24, 2.45) is 5.92 Å². The third-order valence-electron chi connectivity index (χ3n) is 3.97. The zero-order valence-electron chi connectivity index (χ0n) is 10.6. The van der Waals surface area contributed by atoms with Gasteiger partial charge in [-0.2, -0.15) is 0 Å². The number of nitrogens with zero attached hydrogens (tertiary/aromatic N) is 2. The highest BCUT2D eigenvalue weighted by Crippen LogP contribution is 2.35. The summed E-state index contributed by atoms with van der Waals surface area (Å²) in [5, 5.41) is 4.11. The molecule has 0 aromatic carbocycles. The number of fused-ring (bicyclic) bond motifs is 3. The van der Waals surface area contributed by atoms with Crippen LogP contribution in [-0.2, 0) is 0 Å². The van der Waals surface area contributed by atoms with Crippen molar-refractivity contribution in [2.45, 2.75) is 39.0 Å².